The summed E-state index contributed by atoms with van der Waals surface area (Å²) in [5, 5.41) is 12.0. The van der Waals surface area contributed by atoms with Crippen LogP contribution in [0.5, 0.6) is 0 Å². The zero-order valence-corrected chi connectivity index (χ0v) is 11.0. The van der Waals surface area contributed by atoms with Crippen LogP contribution in [0.3, 0.4) is 0 Å². The maximum Gasteiger partial charge on any atom is 0.328 e. The number of amides is 1. The Morgan fingerprint density at radius 2 is 2.11 bits per heavy atom. The fourth-order valence-corrected chi connectivity index (χ4v) is 1.89. The van der Waals surface area contributed by atoms with E-state index in [4.69, 9.17) is 16.7 Å². The summed E-state index contributed by atoms with van der Waals surface area (Å²) in [4.78, 5) is 23.1. The lowest BCUT2D eigenvalue weighted by Gasteiger charge is -2.21. The Balaban J connectivity index is 2.21. The van der Waals surface area contributed by atoms with Gasteiger partial charge in [0.05, 0.1) is 5.02 Å². The molecule has 0 spiro atoms. The lowest BCUT2D eigenvalue weighted by Crippen LogP contribution is -2.50. The third-order valence-corrected chi connectivity index (χ3v) is 3.16. The van der Waals surface area contributed by atoms with Gasteiger partial charge in [-0.1, -0.05) is 11.6 Å². The first-order valence-corrected chi connectivity index (χ1v) is 6.12. The van der Waals surface area contributed by atoms with Gasteiger partial charge in [-0.3, -0.25) is 4.79 Å². The first kappa shape index (κ1) is 13.0. The predicted molar refractivity (Wildman–Crippen MR) is 66.9 cm³/mol. The number of carboxylic acid groups (broad SMARTS) is 1. The van der Waals surface area contributed by atoms with E-state index in [9.17, 15) is 9.59 Å². The maximum absolute atomic E-state index is 12.1. The number of hydrogen-bond donors (Lipinski definition) is 2. The summed E-state index contributed by atoms with van der Waals surface area (Å²) in [6.45, 7) is 2.89. The zero-order valence-electron chi connectivity index (χ0n) is 10.2. The van der Waals surface area contributed by atoms with E-state index in [1.165, 1.54) is 13.8 Å². The Morgan fingerprint density at radius 3 is 2.61 bits per heavy atom. The van der Waals surface area contributed by atoms with Crippen LogP contribution >= 0.6 is 11.6 Å². The van der Waals surface area contributed by atoms with Gasteiger partial charge < -0.3 is 15.0 Å². The summed E-state index contributed by atoms with van der Waals surface area (Å²) >= 11 is 5.90. The number of carboxylic acids is 1. The minimum absolute atomic E-state index is 0.311. The van der Waals surface area contributed by atoms with Crippen LogP contribution in [-0.4, -0.2) is 27.1 Å². The Bertz CT molecular complexity index is 503. The molecule has 1 aromatic heterocycles. The molecule has 0 aromatic carbocycles. The van der Waals surface area contributed by atoms with Gasteiger partial charge in [0.15, 0.2) is 0 Å². The molecule has 18 heavy (non-hydrogen) atoms. The number of nitrogens with one attached hydrogen (secondary N) is 1. The van der Waals surface area contributed by atoms with Crippen LogP contribution in [0.1, 0.15) is 43.2 Å². The van der Waals surface area contributed by atoms with Crippen molar-refractivity contribution < 1.29 is 14.7 Å². The molecule has 1 amide bonds. The largest absolute Gasteiger partial charge is 0.480 e. The van der Waals surface area contributed by atoms with Gasteiger partial charge in [-0.25, -0.2) is 4.79 Å². The second kappa shape index (κ2) is 4.31. The number of nitrogens with zero attached hydrogens (tertiary/aromatic N) is 1. The van der Waals surface area contributed by atoms with Crippen LogP contribution in [0.2, 0.25) is 5.02 Å². The fourth-order valence-electron chi connectivity index (χ4n) is 1.68. The van der Waals surface area contributed by atoms with Crippen LogP contribution in [0.25, 0.3) is 0 Å². The molecule has 0 unspecified atom stereocenters. The Morgan fingerprint density at radius 1 is 1.50 bits per heavy atom. The van der Waals surface area contributed by atoms with Crippen LogP contribution in [0, 0.1) is 0 Å². The second-order valence-electron chi connectivity index (χ2n) is 5.07. The normalized spacial score (nSPS) is 15.5. The number of rotatable bonds is 4. The van der Waals surface area contributed by atoms with Crippen molar-refractivity contribution in [3.05, 3.63) is 23.0 Å². The molecule has 1 aliphatic carbocycles. The van der Waals surface area contributed by atoms with Gasteiger partial charge in [-0.2, -0.15) is 0 Å². The molecule has 1 heterocycles. The molecule has 0 aliphatic heterocycles. The van der Waals surface area contributed by atoms with Gasteiger partial charge in [0.2, 0.25) is 0 Å². The zero-order chi connectivity index (χ0) is 13.5. The number of aliphatic carboxylic acids is 1. The molecule has 1 aromatic rings. The number of hydrogen-bond acceptors (Lipinski definition) is 2. The highest BCUT2D eigenvalue weighted by atomic mass is 35.5. The van der Waals surface area contributed by atoms with Crippen LogP contribution in [0.4, 0.5) is 0 Å². The van der Waals surface area contributed by atoms with Gasteiger partial charge in [0, 0.05) is 12.2 Å². The summed E-state index contributed by atoms with van der Waals surface area (Å²) in [5.41, 5.74) is -0.890. The average Bonchev–Trinajstić information content (AvgIpc) is 3.01. The Kier molecular flexibility index (Phi) is 3.11. The summed E-state index contributed by atoms with van der Waals surface area (Å²) in [6, 6.07) is 1.87. The van der Waals surface area contributed by atoms with Crippen molar-refractivity contribution in [3.63, 3.8) is 0 Å². The summed E-state index contributed by atoms with van der Waals surface area (Å²) in [5.74, 6) is -1.49. The van der Waals surface area contributed by atoms with Crippen LogP contribution in [0.15, 0.2) is 12.3 Å². The molecule has 6 heteroatoms. The summed E-state index contributed by atoms with van der Waals surface area (Å²) < 4.78 is 1.82. The SMILES string of the molecule is CC(C)(NC(=O)c1cc(Cl)cn1C1CC1)C(=O)O. The first-order chi connectivity index (χ1) is 8.31. The lowest BCUT2D eigenvalue weighted by molar-refractivity contribution is -0.143. The highest BCUT2D eigenvalue weighted by Crippen LogP contribution is 2.37. The van der Waals surface area contributed by atoms with E-state index >= 15 is 0 Å². The van der Waals surface area contributed by atoms with Crippen molar-refractivity contribution in [2.45, 2.75) is 38.3 Å². The van der Waals surface area contributed by atoms with E-state index in [1.807, 2.05) is 4.57 Å². The molecule has 2 rings (SSSR count). The summed E-state index contributed by atoms with van der Waals surface area (Å²) in [6.07, 6.45) is 3.75. The van der Waals surface area contributed by atoms with E-state index in [2.05, 4.69) is 5.32 Å². The summed E-state index contributed by atoms with van der Waals surface area (Å²) in [7, 11) is 0. The fraction of sp³-hybridized carbons (Fsp3) is 0.500. The number of carbonyl (C=O) groups is 2. The van der Waals surface area contributed by atoms with Crippen LogP contribution < -0.4 is 5.32 Å². The highest BCUT2D eigenvalue weighted by molar-refractivity contribution is 6.31. The van der Waals surface area contributed by atoms with Gasteiger partial charge in [0.25, 0.3) is 5.91 Å². The molecule has 98 valence electrons. The van der Waals surface area contributed by atoms with Crippen molar-refractivity contribution >= 4 is 23.5 Å². The lowest BCUT2D eigenvalue weighted by atomic mass is 10.1. The quantitative estimate of drug-likeness (QED) is 0.880. The van der Waals surface area contributed by atoms with Crippen molar-refractivity contribution in [1.29, 1.82) is 0 Å². The average molecular weight is 271 g/mol. The van der Waals surface area contributed by atoms with Gasteiger partial charge in [-0.05, 0) is 32.8 Å². The molecule has 5 nitrogen and oxygen atoms in total. The molecule has 0 saturated heterocycles. The van der Waals surface area contributed by atoms with Crippen molar-refractivity contribution in [1.82, 2.24) is 9.88 Å². The Hall–Kier alpha value is -1.49. The standard InChI is InChI=1S/C12H15ClN2O3/c1-12(2,11(17)18)14-10(16)9-5-7(13)6-15(9)8-3-4-8/h5-6,8H,3-4H2,1-2H3,(H,14,16)(H,17,18). The molecule has 0 radical (unpaired) electrons. The van der Waals surface area contributed by atoms with Crippen molar-refractivity contribution in [2.75, 3.05) is 0 Å². The van der Waals surface area contributed by atoms with E-state index in [-0.39, 0.29) is 0 Å². The Labute approximate surface area is 110 Å². The van der Waals surface area contributed by atoms with Crippen molar-refractivity contribution in [3.8, 4) is 0 Å². The van der Waals surface area contributed by atoms with E-state index in [0.717, 1.165) is 12.8 Å². The molecule has 0 atom stereocenters. The van der Waals surface area contributed by atoms with E-state index in [1.54, 1.807) is 12.3 Å². The van der Waals surface area contributed by atoms with Gasteiger partial charge >= 0.3 is 5.97 Å². The third-order valence-electron chi connectivity index (χ3n) is 2.95. The van der Waals surface area contributed by atoms with E-state index in [0.29, 0.717) is 16.8 Å². The first-order valence-electron chi connectivity index (χ1n) is 5.74. The smallest absolute Gasteiger partial charge is 0.328 e. The molecule has 2 N–H and O–H groups in total. The molecular weight excluding hydrogens is 256 g/mol. The minimum atomic E-state index is -1.30. The molecular formula is C12H15ClN2O3. The molecule has 1 aliphatic rings. The molecule has 1 fully saturated rings. The molecule has 0 bridgehead atoms. The highest BCUT2D eigenvalue weighted by Gasteiger charge is 2.32. The third kappa shape index (κ3) is 2.51. The number of aromatic nitrogens is 1. The maximum atomic E-state index is 12.1. The van der Waals surface area contributed by atoms with Gasteiger partial charge in [0.1, 0.15) is 11.2 Å². The van der Waals surface area contributed by atoms with E-state index < -0.39 is 17.4 Å². The van der Waals surface area contributed by atoms with Gasteiger partial charge in [-0.15, -0.1) is 0 Å². The predicted octanol–water partition coefficient (Wildman–Crippen LogP) is 2.07. The second-order valence-corrected chi connectivity index (χ2v) is 5.50. The number of halogens is 1. The minimum Gasteiger partial charge on any atom is -0.480 e. The van der Waals surface area contributed by atoms with Crippen molar-refractivity contribution in [2.24, 2.45) is 0 Å². The molecule has 1 saturated carbocycles. The monoisotopic (exact) mass is 270 g/mol. The van der Waals surface area contributed by atoms with Crippen LogP contribution in [-0.2, 0) is 4.79 Å². The topological polar surface area (TPSA) is 71.3 Å². The number of carbonyl (C=O) groups excluding carboxylic acids is 1.